The van der Waals surface area contributed by atoms with Gasteiger partial charge in [0.1, 0.15) is 5.82 Å². The van der Waals surface area contributed by atoms with Crippen LogP contribution >= 0.6 is 0 Å². The Hall–Kier alpha value is -2.05. The lowest BCUT2D eigenvalue weighted by atomic mass is 10.2. The Bertz CT molecular complexity index is 532. The van der Waals surface area contributed by atoms with E-state index in [4.69, 9.17) is 0 Å². The number of imidazole rings is 1. The van der Waals surface area contributed by atoms with E-state index in [1.54, 1.807) is 0 Å². The van der Waals surface area contributed by atoms with E-state index in [1.165, 1.54) is 0 Å². The molecule has 1 heterocycles. The number of rotatable bonds is 4. The Labute approximate surface area is 108 Å². The van der Waals surface area contributed by atoms with E-state index in [-0.39, 0.29) is 0 Å². The largest absolute Gasteiger partial charge is 0.338 e. The van der Waals surface area contributed by atoms with Crippen LogP contribution in [0, 0.1) is 11.8 Å². The van der Waals surface area contributed by atoms with Crippen LogP contribution in [0.5, 0.6) is 0 Å². The summed E-state index contributed by atoms with van der Waals surface area (Å²) in [5.41, 5.74) is 1.06. The molecule has 0 spiro atoms. The van der Waals surface area contributed by atoms with Gasteiger partial charge in [0.25, 0.3) is 0 Å². The topological polar surface area (TPSA) is 29.9 Å². The van der Waals surface area contributed by atoms with Crippen LogP contribution < -0.4 is 5.32 Å². The molecular weight excluding hydrogens is 222 g/mol. The van der Waals surface area contributed by atoms with Crippen LogP contribution in [0.4, 0.5) is 0 Å². The van der Waals surface area contributed by atoms with E-state index < -0.39 is 0 Å². The Morgan fingerprint density at radius 3 is 2.83 bits per heavy atom. The summed E-state index contributed by atoms with van der Waals surface area (Å²) in [7, 11) is 2.01. The van der Waals surface area contributed by atoms with Gasteiger partial charge in [-0.15, -0.1) is 0 Å². The molecule has 0 aliphatic heterocycles. The van der Waals surface area contributed by atoms with Gasteiger partial charge in [0, 0.05) is 38.0 Å². The summed E-state index contributed by atoms with van der Waals surface area (Å²) in [6, 6.07) is 10.0. The van der Waals surface area contributed by atoms with Gasteiger partial charge in [-0.1, -0.05) is 30.0 Å². The lowest BCUT2D eigenvalue weighted by molar-refractivity contribution is 0.697. The average Bonchev–Trinajstić information content (AvgIpc) is 2.81. The highest BCUT2D eigenvalue weighted by atomic mass is 15.0. The monoisotopic (exact) mass is 239 g/mol. The predicted octanol–water partition coefficient (Wildman–Crippen LogP) is 1.60. The van der Waals surface area contributed by atoms with Gasteiger partial charge in [0.2, 0.25) is 0 Å². The molecule has 0 atom stereocenters. The summed E-state index contributed by atoms with van der Waals surface area (Å²) in [6.07, 6.45) is 4.71. The SMILES string of the molecule is Cn1ccnc1CCNCC#Cc1ccccc1. The fraction of sp³-hybridized carbons (Fsp3) is 0.267. The Morgan fingerprint density at radius 2 is 2.11 bits per heavy atom. The molecule has 2 aromatic rings. The highest BCUT2D eigenvalue weighted by molar-refractivity contribution is 5.33. The molecule has 1 aromatic heterocycles. The van der Waals surface area contributed by atoms with Crippen molar-refractivity contribution in [3.63, 3.8) is 0 Å². The third-order valence-corrected chi connectivity index (χ3v) is 2.67. The number of hydrogen-bond acceptors (Lipinski definition) is 2. The van der Waals surface area contributed by atoms with Gasteiger partial charge in [0.05, 0.1) is 6.54 Å². The zero-order chi connectivity index (χ0) is 12.6. The molecule has 0 bridgehead atoms. The van der Waals surface area contributed by atoms with E-state index in [1.807, 2.05) is 54.3 Å². The molecular formula is C15H17N3. The maximum Gasteiger partial charge on any atom is 0.109 e. The molecule has 0 amide bonds. The van der Waals surface area contributed by atoms with Crippen LogP contribution in [0.15, 0.2) is 42.7 Å². The first kappa shape index (κ1) is 12.4. The van der Waals surface area contributed by atoms with E-state index in [0.29, 0.717) is 6.54 Å². The molecule has 3 heteroatoms. The summed E-state index contributed by atoms with van der Waals surface area (Å²) in [5, 5.41) is 3.29. The molecule has 0 aliphatic carbocycles. The predicted molar refractivity (Wildman–Crippen MR) is 73.1 cm³/mol. The highest BCUT2D eigenvalue weighted by Crippen LogP contribution is 1.95. The maximum atomic E-state index is 4.27. The number of hydrogen-bond donors (Lipinski definition) is 1. The van der Waals surface area contributed by atoms with Gasteiger partial charge in [-0.25, -0.2) is 4.98 Å². The van der Waals surface area contributed by atoms with Crippen molar-refractivity contribution in [3.8, 4) is 11.8 Å². The standard InChI is InChI=1S/C15H17N3/c1-18-13-12-17-15(18)9-11-16-10-5-8-14-6-3-2-4-7-14/h2-4,6-7,12-13,16H,9-11H2,1H3. The second-order valence-electron chi connectivity index (χ2n) is 4.05. The van der Waals surface area contributed by atoms with Crippen molar-refractivity contribution < 1.29 is 0 Å². The van der Waals surface area contributed by atoms with Crippen LogP contribution in [0.25, 0.3) is 0 Å². The number of aromatic nitrogens is 2. The normalized spacial score (nSPS) is 9.83. The lowest BCUT2D eigenvalue weighted by Gasteiger charge is -2.01. The van der Waals surface area contributed by atoms with Crippen molar-refractivity contribution in [1.82, 2.24) is 14.9 Å². The summed E-state index contributed by atoms with van der Waals surface area (Å²) >= 11 is 0. The number of benzene rings is 1. The smallest absolute Gasteiger partial charge is 0.109 e. The number of nitrogens with zero attached hydrogens (tertiary/aromatic N) is 2. The average molecular weight is 239 g/mol. The minimum Gasteiger partial charge on any atom is -0.338 e. The summed E-state index contributed by atoms with van der Waals surface area (Å²) in [6.45, 7) is 1.60. The Balaban J connectivity index is 1.68. The molecule has 0 saturated heterocycles. The quantitative estimate of drug-likeness (QED) is 0.649. The fourth-order valence-corrected chi connectivity index (χ4v) is 1.66. The lowest BCUT2D eigenvalue weighted by Crippen LogP contribution is -2.18. The first-order valence-corrected chi connectivity index (χ1v) is 6.07. The van der Waals surface area contributed by atoms with Gasteiger partial charge in [-0.05, 0) is 12.1 Å². The molecule has 1 N–H and O–H groups in total. The van der Waals surface area contributed by atoms with Crippen LogP contribution in [-0.2, 0) is 13.5 Å². The molecule has 92 valence electrons. The van der Waals surface area contributed by atoms with E-state index >= 15 is 0 Å². The van der Waals surface area contributed by atoms with Crippen molar-refractivity contribution in [2.75, 3.05) is 13.1 Å². The summed E-state index contributed by atoms with van der Waals surface area (Å²) in [4.78, 5) is 4.27. The molecule has 0 radical (unpaired) electrons. The maximum absolute atomic E-state index is 4.27. The molecule has 0 fully saturated rings. The molecule has 2 rings (SSSR count). The van der Waals surface area contributed by atoms with Crippen molar-refractivity contribution in [2.45, 2.75) is 6.42 Å². The van der Waals surface area contributed by atoms with E-state index in [9.17, 15) is 0 Å². The molecule has 0 unspecified atom stereocenters. The van der Waals surface area contributed by atoms with Crippen LogP contribution in [0.2, 0.25) is 0 Å². The van der Waals surface area contributed by atoms with Crippen molar-refractivity contribution >= 4 is 0 Å². The molecule has 0 saturated carbocycles. The molecule has 3 nitrogen and oxygen atoms in total. The second-order valence-corrected chi connectivity index (χ2v) is 4.05. The zero-order valence-electron chi connectivity index (χ0n) is 10.6. The number of aryl methyl sites for hydroxylation is 1. The van der Waals surface area contributed by atoms with Gasteiger partial charge in [-0.2, -0.15) is 0 Å². The van der Waals surface area contributed by atoms with Gasteiger partial charge < -0.3 is 9.88 Å². The molecule has 18 heavy (non-hydrogen) atoms. The van der Waals surface area contributed by atoms with Crippen LogP contribution in [0.3, 0.4) is 0 Å². The minimum absolute atomic E-state index is 0.708. The first-order valence-electron chi connectivity index (χ1n) is 6.07. The van der Waals surface area contributed by atoms with Gasteiger partial charge in [-0.3, -0.25) is 0 Å². The first-order chi connectivity index (χ1) is 8.86. The molecule has 0 aliphatic rings. The number of nitrogens with one attached hydrogen (secondary N) is 1. The van der Waals surface area contributed by atoms with Gasteiger partial charge >= 0.3 is 0 Å². The summed E-state index contributed by atoms with van der Waals surface area (Å²) < 4.78 is 2.04. The third kappa shape index (κ3) is 3.76. The molecule has 1 aromatic carbocycles. The van der Waals surface area contributed by atoms with Crippen molar-refractivity contribution in [1.29, 1.82) is 0 Å². The van der Waals surface area contributed by atoms with Crippen molar-refractivity contribution in [3.05, 3.63) is 54.1 Å². The van der Waals surface area contributed by atoms with E-state index in [2.05, 4.69) is 22.1 Å². The highest BCUT2D eigenvalue weighted by Gasteiger charge is 1.96. The van der Waals surface area contributed by atoms with Crippen molar-refractivity contribution in [2.24, 2.45) is 7.05 Å². The van der Waals surface area contributed by atoms with E-state index in [0.717, 1.165) is 24.4 Å². The van der Waals surface area contributed by atoms with Crippen LogP contribution in [0.1, 0.15) is 11.4 Å². The van der Waals surface area contributed by atoms with Crippen LogP contribution in [-0.4, -0.2) is 22.6 Å². The minimum atomic E-state index is 0.708. The second kappa shape index (κ2) is 6.63. The zero-order valence-corrected chi connectivity index (χ0v) is 10.6. The Kier molecular flexibility index (Phi) is 4.57. The fourth-order valence-electron chi connectivity index (χ4n) is 1.66. The van der Waals surface area contributed by atoms with Gasteiger partial charge in [0.15, 0.2) is 0 Å². The third-order valence-electron chi connectivity index (χ3n) is 2.67. The Morgan fingerprint density at radius 1 is 1.28 bits per heavy atom. The summed E-state index contributed by atoms with van der Waals surface area (Å²) in [5.74, 6) is 7.32.